The van der Waals surface area contributed by atoms with Crippen molar-refractivity contribution in [2.75, 3.05) is 25.0 Å². The van der Waals surface area contributed by atoms with Gasteiger partial charge < -0.3 is 10.1 Å². The number of rotatable bonds is 7. The van der Waals surface area contributed by atoms with E-state index in [1.165, 1.54) is 4.31 Å². The summed E-state index contributed by atoms with van der Waals surface area (Å²) in [7, 11) is -3.47. The third-order valence-electron chi connectivity index (χ3n) is 4.76. The van der Waals surface area contributed by atoms with Gasteiger partial charge in [0.25, 0.3) is 5.91 Å². The van der Waals surface area contributed by atoms with Crippen LogP contribution in [0.25, 0.3) is 0 Å². The van der Waals surface area contributed by atoms with Gasteiger partial charge in [0, 0.05) is 24.3 Å². The van der Waals surface area contributed by atoms with E-state index >= 15 is 0 Å². The van der Waals surface area contributed by atoms with Gasteiger partial charge >= 0.3 is 0 Å². The quantitative estimate of drug-likeness (QED) is 0.736. The fourth-order valence-electron chi connectivity index (χ4n) is 3.13. The van der Waals surface area contributed by atoms with E-state index in [4.69, 9.17) is 4.74 Å². The Labute approximate surface area is 172 Å². The smallest absolute Gasteiger partial charge is 0.255 e. The zero-order valence-electron chi connectivity index (χ0n) is 16.9. The number of carbonyl (C=O) groups excluding carboxylic acids is 1. The minimum absolute atomic E-state index is 0.254. The SMILES string of the molecule is CC(C)COc1ccc(C(=O)Nc2ccc(S(=O)(=O)N3CCCCC3)cc2)cc1. The van der Waals surface area contributed by atoms with Crippen molar-refractivity contribution in [2.45, 2.75) is 38.0 Å². The maximum atomic E-state index is 12.7. The number of anilines is 1. The van der Waals surface area contributed by atoms with E-state index in [9.17, 15) is 13.2 Å². The van der Waals surface area contributed by atoms with Gasteiger partial charge in [0.05, 0.1) is 11.5 Å². The molecular weight excluding hydrogens is 388 g/mol. The molecule has 156 valence electrons. The molecule has 0 aromatic heterocycles. The lowest BCUT2D eigenvalue weighted by atomic mass is 10.2. The molecule has 0 spiro atoms. The number of benzene rings is 2. The van der Waals surface area contributed by atoms with Gasteiger partial charge in [-0.2, -0.15) is 4.31 Å². The van der Waals surface area contributed by atoms with Crippen molar-refractivity contribution in [2.24, 2.45) is 5.92 Å². The summed E-state index contributed by atoms with van der Waals surface area (Å²) >= 11 is 0. The standard InChI is InChI=1S/C22H28N2O4S/c1-17(2)16-28-20-10-6-18(7-11-20)22(25)23-19-8-12-21(13-9-19)29(26,27)24-14-4-3-5-15-24/h6-13,17H,3-5,14-16H2,1-2H3,(H,23,25). The lowest BCUT2D eigenvalue weighted by molar-refractivity contribution is 0.102. The molecule has 1 aliphatic rings. The maximum Gasteiger partial charge on any atom is 0.255 e. The summed E-state index contributed by atoms with van der Waals surface area (Å²) in [6, 6.07) is 13.3. The molecule has 0 saturated carbocycles. The average Bonchev–Trinajstić information content (AvgIpc) is 2.73. The molecule has 1 amide bonds. The molecule has 0 radical (unpaired) electrons. The first-order chi connectivity index (χ1) is 13.9. The topological polar surface area (TPSA) is 75.7 Å². The first-order valence-corrected chi connectivity index (χ1v) is 11.4. The number of hydrogen-bond acceptors (Lipinski definition) is 4. The lowest BCUT2D eigenvalue weighted by Gasteiger charge is -2.25. The summed E-state index contributed by atoms with van der Waals surface area (Å²) in [5.41, 5.74) is 1.06. The van der Waals surface area contributed by atoms with E-state index < -0.39 is 10.0 Å². The molecule has 1 fully saturated rings. The Morgan fingerprint density at radius 2 is 1.62 bits per heavy atom. The van der Waals surface area contributed by atoms with Gasteiger partial charge in [-0.3, -0.25) is 4.79 Å². The second-order valence-electron chi connectivity index (χ2n) is 7.67. The highest BCUT2D eigenvalue weighted by molar-refractivity contribution is 7.89. The average molecular weight is 417 g/mol. The van der Waals surface area contributed by atoms with Gasteiger partial charge in [0.1, 0.15) is 5.75 Å². The van der Waals surface area contributed by atoms with Gasteiger partial charge in [-0.15, -0.1) is 0 Å². The van der Waals surface area contributed by atoms with Crippen LogP contribution in [0.15, 0.2) is 53.4 Å². The molecular formula is C22H28N2O4S. The zero-order valence-corrected chi connectivity index (χ0v) is 17.7. The number of nitrogens with one attached hydrogen (secondary N) is 1. The number of ether oxygens (including phenoxy) is 1. The molecule has 0 unspecified atom stereocenters. The maximum absolute atomic E-state index is 12.7. The summed E-state index contributed by atoms with van der Waals surface area (Å²) in [5.74, 6) is 0.897. The Morgan fingerprint density at radius 1 is 1.00 bits per heavy atom. The lowest BCUT2D eigenvalue weighted by Crippen LogP contribution is -2.35. The Bertz CT molecular complexity index is 916. The van der Waals surface area contributed by atoms with Crippen LogP contribution >= 0.6 is 0 Å². The molecule has 29 heavy (non-hydrogen) atoms. The van der Waals surface area contributed by atoms with Crippen LogP contribution in [0.1, 0.15) is 43.5 Å². The first kappa shape index (κ1) is 21.3. The Balaban J connectivity index is 1.62. The Kier molecular flexibility index (Phi) is 6.92. The van der Waals surface area contributed by atoms with Crippen molar-refractivity contribution in [3.8, 4) is 5.75 Å². The van der Waals surface area contributed by atoms with Crippen LogP contribution in [0.4, 0.5) is 5.69 Å². The molecule has 1 heterocycles. The van der Waals surface area contributed by atoms with Gasteiger partial charge in [-0.25, -0.2) is 8.42 Å². The van der Waals surface area contributed by atoms with Crippen LogP contribution in [0.2, 0.25) is 0 Å². The summed E-state index contributed by atoms with van der Waals surface area (Å²) in [6.07, 6.45) is 2.87. The third-order valence-corrected chi connectivity index (χ3v) is 6.68. The number of hydrogen-bond donors (Lipinski definition) is 1. The molecule has 0 bridgehead atoms. The van der Waals surface area contributed by atoms with E-state index in [-0.39, 0.29) is 10.8 Å². The highest BCUT2D eigenvalue weighted by Crippen LogP contribution is 2.22. The van der Waals surface area contributed by atoms with Crippen LogP contribution in [0.3, 0.4) is 0 Å². The zero-order chi connectivity index (χ0) is 20.9. The molecule has 2 aromatic carbocycles. The number of sulfonamides is 1. The van der Waals surface area contributed by atoms with Gasteiger partial charge in [-0.05, 0) is 67.3 Å². The van der Waals surface area contributed by atoms with Crippen molar-refractivity contribution in [3.63, 3.8) is 0 Å². The summed E-state index contributed by atoms with van der Waals surface area (Å²) in [4.78, 5) is 12.7. The second kappa shape index (κ2) is 9.41. The van der Waals surface area contributed by atoms with E-state index in [1.807, 2.05) is 0 Å². The first-order valence-electron chi connectivity index (χ1n) is 10.0. The highest BCUT2D eigenvalue weighted by atomic mass is 32.2. The van der Waals surface area contributed by atoms with Gasteiger partial charge in [-0.1, -0.05) is 20.3 Å². The monoisotopic (exact) mass is 416 g/mol. The van der Waals surface area contributed by atoms with Crippen molar-refractivity contribution in [1.82, 2.24) is 4.31 Å². The van der Waals surface area contributed by atoms with E-state index in [0.717, 1.165) is 25.0 Å². The van der Waals surface area contributed by atoms with Gasteiger partial charge in [0.15, 0.2) is 0 Å². The van der Waals surface area contributed by atoms with Crippen LogP contribution < -0.4 is 10.1 Å². The van der Waals surface area contributed by atoms with Crippen LogP contribution in [-0.2, 0) is 10.0 Å². The van der Waals surface area contributed by atoms with E-state index in [0.29, 0.717) is 36.9 Å². The predicted octanol–water partition coefficient (Wildman–Crippen LogP) is 4.15. The molecule has 3 rings (SSSR count). The second-order valence-corrected chi connectivity index (χ2v) is 9.61. The molecule has 1 saturated heterocycles. The molecule has 7 heteroatoms. The fourth-order valence-corrected chi connectivity index (χ4v) is 4.65. The summed E-state index contributed by atoms with van der Waals surface area (Å²) < 4.78 is 32.5. The minimum Gasteiger partial charge on any atom is -0.493 e. The van der Waals surface area contributed by atoms with Crippen LogP contribution in [0.5, 0.6) is 5.75 Å². The van der Waals surface area contributed by atoms with Crippen molar-refractivity contribution in [1.29, 1.82) is 0 Å². The van der Waals surface area contributed by atoms with Crippen molar-refractivity contribution >= 4 is 21.6 Å². The Morgan fingerprint density at radius 3 is 2.21 bits per heavy atom. The molecule has 6 nitrogen and oxygen atoms in total. The van der Waals surface area contributed by atoms with E-state index in [2.05, 4.69) is 19.2 Å². The fraction of sp³-hybridized carbons (Fsp3) is 0.409. The number of amides is 1. The predicted molar refractivity (Wildman–Crippen MR) is 114 cm³/mol. The number of nitrogens with zero attached hydrogens (tertiary/aromatic N) is 1. The normalized spacial score (nSPS) is 15.3. The van der Waals surface area contributed by atoms with Crippen molar-refractivity contribution in [3.05, 3.63) is 54.1 Å². The van der Waals surface area contributed by atoms with Crippen LogP contribution in [-0.4, -0.2) is 38.3 Å². The third kappa shape index (κ3) is 5.58. The molecule has 2 aromatic rings. The molecule has 0 atom stereocenters. The van der Waals surface area contributed by atoms with E-state index in [1.54, 1.807) is 48.5 Å². The minimum atomic E-state index is -3.47. The number of piperidine rings is 1. The van der Waals surface area contributed by atoms with Crippen LogP contribution in [0, 0.1) is 5.92 Å². The molecule has 1 N–H and O–H groups in total. The summed E-state index contributed by atoms with van der Waals surface area (Å²) in [6.45, 7) is 5.91. The molecule has 1 aliphatic heterocycles. The molecule has 0 aliphatic carbocycles. The highest BCUT2D eigenvalue weighted by Gasteiger charge is 2.25. The largest absolute Gasteiger partial charge is 0.493 e. The summed E-state index contributed by atoms with van der Waals surface area (Å²) in [5, 5.41) is 2.80. The number of carbonyl (C=O) groups is 1. The van der Waals surface area contributed by atoms with Gasteiger partial charge in [0.2, 0.25) is 10.0 Å². The Hall–Kier alpha value is -2.38. The van der Waals surface area contributed by atoms with Crippen molar-refractivity contribution < 1.29 is 17.9 Å².